The summed E-state index contributed by atoms with van der Waals surface area (Å²) in [7, 11) is 1.68. The molecule has 0 unspecified atom stereocenters. The Kier molecular flexibility index (Phi) is 3.34. The first-order valence-corrected chi connectivity index (χ1v) is 6.72. The SMILES string of the molecule is Cn1ccnc(Sc2ncn(-c3ccccc3)n2)c1=O. The minimum Gasteiger partial charge on any atom is -0.315 e. The molecule has 0 N–H and O–H groups in total. The van der Waals surface area contributed by atoms with E-state index in [0.29, 0.717) is 10.2 Å². The standard InChI is InChI=1S/C13H11N5OS/c1-17-8-7-14-11(12(17)19)20-13-15-9-18(16-13)10-5-3-2-4-6-10/h2-9H,1H3. The normalized spacial score (nSPS) is 10.7. The van der Waals surface area contributed by atoms with Crippen molar-refractivity contribution in [3.63, 3.8) is 0 Å². The van der Waals surface area contributed by atoms with Gasteiger partial charge in [0.15, 0.2) is 5.03 Å². The van der Waals surface area contributed by atoms with Crippen molar-refractivity contribution in [2.75, 3.05) is 0 Å². The van der Waals surface area contributed by atoms with Gasteiger partial charge in [0.25, 0.3) is 5.56 Å². The summed E-state index contributed by atoms with van der Waals surface area (Å²) < 4.78 is 3.14. The average Bonchev–Trinajstić information content (AvgIpc) is 2.93. The Morgan fingerprint density at radius 3 is 2.75 bits per heavy atom. The lowest BCUT2D eigenvalue weighted by Gasteiger charge is -1.99. The van der Waals surface area contributed by atoms with Crippen LogP contribution >= 0.6 is 11.8 Å². The summed E-state index contributed by atoms with van der Waals surface area (Å²) in [4.78, 5) is 20.1. The molecule has 3 aromatic rings. The van der Waals surface area contributed by atoms with Gasteiger partial charge in [0.05, 0.1) is 5.69 Å². The van der Waals surface area contributed by atoms with Gasteiger partial charge in [-0.1, -0.05) is 18.2 Å². The molecular formula is C13H11N5OS. The summed E-state index contributed by atoms with van der Waals surface area (Å²) >= 11 is 1.16. The van der Waals surface area contributed by atoms with E-state index in [1.54, 1.807) is 30.5 Å². The van der Waals surface area contributed by atoms with Crippen LogP contribution in [0.5, 0.6) is 0 Å². The van der Waals surface area contributed by atoms with Gasteiger partial charge in [-0.05, 0) is 23.9 Å². The van der Waals surface area contributed by atoms with Gasteiger partial charge in [-0.15, -0.1) is 5.10 Å². The molecule has 0 atom stereocenters. The molecule has 2 aromatic heterocycles. The molecular weight excluding hydrogens is 274 g/mol. The second kappa shape index (κ2) is 5.30. The summed E-state index contributed by atoms with van der Waals surface area (Å²) in [6.07, 6.45) is 4.81. The first kappa shape index (κ1) is 12.6. The summed E-state index contributed by atoms with van der Waals surface area (Å²) in [5.41, 5.74) is 0.759. The minimum atomic E-state index is -0.159. The Labute approximate surface area is 119 Å². The Morgan fingerprint density at radius 2 is 1.95 bits per heavy atom. The average molecular weight is 285 g/mol. The van der Waals surface area contributed by atoms with Crippen molar-refractivity contribution in [1.82, 2.24) is 24.3 Å². The molecule has 0 aliphatic carbocycles. The predicted molar refractivity (Wildman–Crippen MR) is 75.0 cm³/mol. The Morgan fingerprint density at radius 1 is 1.15 bits per heavy atom. The summed E-state index contributed by atoms with van der Waals surface area (Å²) in [6.45, 7) is 0. The van der Waals surface area contributed by atoms with E-state index in [1.165, 1.54) is 4.57 Å². The topological polar surface area (TPSA) is 65.6 Å². The van der Waals surface area contributed by atoms with Gasteiger partial charge in [0, 0.05) is 19.4 Å². The largest absolute Gasteiger partial charge is 0.315 e. The van der Waals surface area contributed by atoms with E-state index in [-0.39, 0.29) is 5.56 Å². The molecule has 0 radical (unpaired) electrons. The lowest BCUT2D eigenvalue weighted by molar-refractivity contribution is 0.789. The molecule has 0 saturated heterocycles. The number of hydrogen-bond donors (Lipinski definition) is 0. The summed E-state index contributed by atoms with van der Waals surface area (Å²) in [5.74, 6) is 0. The van der Waals surface area contributed by atoms with Crippen LogP contribution in [-0.2, 0) is 7.05 Å². The first-order chi connectivity index (χ1) is 9.74. The van der Waals surface area contributed by atoms with Gasteiger partial charge in [0.1, 0.15) is 6.33 Å². The molecule has 0 aliphatic heterocycles. The monoisotopic (exact) mass is 285 g/mol. The van der Waals surface area contributed by atoms with Crippen molar-refractivity contribution in [2.45, 2.75) is 10.2 Å². The number of benzene rings is 1. The molecule has 0 aliphatic rings. The van der Waals surface area contributed by atoms with Crippen molar-refractivity contribution in [3.05, 3.63) is 59.4 Å². The van der Waals surface area contributed by atoms with Gasteiger partial charge in [0.2, 0.25) is 5.16 Å². The molecule has 0 fully saturated rings. The minimum absolute atomic E-state index is 0.159. The van der Waals surface area contributed by atoms with Crippen molar-refractivity contribution >= 4 is 11.8 Å². The maximum Gasteiger partial charge on any atom is 0.283 e. The van der Waals surface area contributed by atoms with Crippen LogP contribution in [0, 0.1) is 0 Å². The number of aromatic nitrogens is 5. The maximum absolute atomic E-state index is 11.9. The summed E-state index contributed by atoms with van der Waals surface area (Å²) in [5, 5.41) is 5.18. The van der Waals surface area contributed by atoms with E-state index in [0.717, 1.165) is 17.4 Å². The Balaban J connectivity index is 1.88. The molecule has 3 rings (SSSR count). The van der Waals surface area contributed by atoms with Crippen LogP contribution in [0.2, 0.25) is 0 Å². The number of nitrogens with zero attached hydrogens (tertiary/aromatic N) is 5. The van der Waals surface area contributed by atoms with E-state index in [2.05, 4.69) is 15.1 Å². The number of aryl methyl sites for hydroxylation is 1. The van der Waals surface area contributed by atoms with Gasteiger partial charge < -0.3 is 4.57 Å². The third-order valence-electron chi connectivity index (χ3n) is 2.66. The highest BCUT2D eigenvalue weighted by Gasteiger charge is 2.09. The van der Waals surface area contributed by atoms with Gasteiger partial charge in [-0.3, -0.25) is 4.79 Å². The second-order valence-electron chi connectivity index (χ2n) is 4.06. The zero-order valence-corrected chi connectivity index (χ0v) is 11.5. The van der Waals surface area contributed by atoms with E-state index < -0.39 is 0 Å². The third kappa shape index (κ3) is 2.48. The lowest BCUT2D eigenvalue weighted by atomic mass is 10.3. The summed E-state index contributed by atoms with van der Waals surface area (Å²) in [6, 6.07) is 9.66. The van der Waals surface area contributed by atoms with E-state index in [9.17, 15) is 4.79 Å². The Hall–Kier alpha value is -2.41. The molecule has 0 spiro atoms. The number of rotatable bonds is 3. The molecule has 0 saturated carbocycles. The van der Waals surface area contributed by atoms with Crippen LogP contribution in [0.1, 0.15) is 0 Å². The molecule has 0 bridgehead atoms. The highest BCUT2D eigenvalue weighted by atomic mass is 32.2. The van der Waals surface area contributed by atoms with Crippen LogP contribution in [0.4, 0.5) is 0 Å². The Bertz CT molecular complexity index is 781. The number of hydrogen-bond acceptors (Lipinski definition) is 5. The molecule has 20 heavy (non-hydrogen) atoms. The smallest absolute Gasteiger partial charge is 0.283 e. The van der Waals surface area contributed by atoms with Crippen LogP contribution in [-0.4, -0.2) is 24.3 Å². The fourth-order valence-corrected chi connectivity index (χ4v) is 2.38. The molecule has 7 heteroatoms. The van der Waals surface area contributed by atoms with Gasteiger partial charge in [-0.2, -0.15) is 0 Å². The highest BCUT2D eigenvalue weighted by Crippen LogP contribution is 2.19. The van der Waals surface area contributed by atoms with E-state index in [1.807, 2.05) is 30.3 Å². The van der Waals surface area contributed by atoms with Crippen LogP contribution in [0.3, 0.4) is 0 Å². The van der Waals surface area contributed by atoms with Crippen molar-refractivity contribution in [3.8, 4) is 5.69 Å². The number of para-hydroxylation sites is 1. The first-order valence-electron chi connectivity index (χ1n) is 5.90. The molecule has 1 aromatic carbocycles. The van der Waals surface area contributed by atoms with Crippen LogP contribution < -0.4 is 5.56 Å². The lowest BCUT2D eigenvalue weighted by Crippen LogP contribution is -2.18. The third-order valence-corrected chi connectivity index (χ3v) is 3.51. The predicted octanol–water partition coefficient (Wildman–Crippen LogP) is 1.51. The van der Waals surface area contributed by atoms with E-state index in [4.69, 9.17) is 0 Å². The zero-order valence-electron chi connectivity index (χ0n) is 10.7. The maximum atomic E-state index is 11.9. The van der Waals surface area contributed by atoms with Crippen molar-refractivity contribution in [2.24, 2.45) is 7.05 Å². The van der Waals surface area contributed by atoms with Crippen LogP contribution in [0.15, 0.2) is 64.0 Å². The van der Waals surface area contributed by atoms with Crippen LogP contribution in [0.25, 0.3) is 5.69 Å². The van der Waals surface area contributed by atoms with Crippen molar-refractivity contribution in [1.29, 1.82) is 0 Å². The zero-order chi connectivity index (χ0) is 13.9. The fraction of sp³-hybridized carbons (Fsp3) is 0.0769. The fourth-order valence-electron chi connectivity index (χ4n) is 1.63. The van der Waals surface area contributed by atoms with E-state index >= 15 is 0 Å². The highest BCUT2D eigenvalue weighted by molar-refractivity contribution is 7.99. The molecule has 0 amide bonds. The van der Waals surface area contributed by atoms with Gasteiger partial charge >= 0.3 is 0 Å². The van der Waals surface area contributed by atoms with Gasteiger partial charge in [-0.25, -0.2) is 14.6 Å². The quantitative estimate of drug-likeness (QED) is 0.730. The van der Waals surface area contributed by atoms with Crippen molar-refractivity contribution < 1.29 is 0 Å². The molecule has 2 heterocycles. The molecule has 6 nitrogen and oxygen atoms in total. The second-order valence-corrected chi connectivity index (χ2v) is 5.01. The molecule has 100 valence electrons.